The SMILES string of the molecule is CCCCCC(CCCC(CCCCCCC(=O)O)C(N)=O)OC(=O)CCC. The molecule has 2 unspecified atom stereocenters. The second-order valence-corrected chi connectivity index (χ2v) is 7.73. The van der Waals surface area contributed by atoms with Crippen LogP contribution in [-0.2, 0) is 19.1 Å². The third-order valence-corrected chi connectivity index (χ3v) is 5.06. The largest absolute Gasteiger partial charge is 0.481 e. The summed E-state index contributed by atoms with van der Waals surface area (Å²) in [4.78, 5) is 34.0. The van der Waals surface area contributed by atoms with Gasteiger partial charge in [0.05, 0.1) is 0 Å². The topological polar surface area (TPSA) is 107 Å². The summed E-state index contributed by atoms with van der Waals surface area (Å²) in [5.74, 6) is -1.31. The summed E-state index contributed by atoms with van der Waals surface area (Å²) in [6.07, 6.45) is 12.0. The molecule has 0 aliphatic rings. The number of unbranched alkanes of at least 4 members (excludes halogenated alkanes) is 5. The van der Waals surface area contributed by atoms with Gasteiger partial charge in [-0.2, -0.15) is 0 Å². The Labute approximate surface area is 170 Å². The highest BCUT2D eigenvalue weighted by Gasteiger charge is 2.18. The number of ether oxygens (including phenoxy) is 1. The first-order valence-electron chi connectivity index (χ1n) is 11.1. The van der Waals surface area contributed by atoms with Crippen LogP contribution in [0, 0.1) is 5.92 Å². The molecule has 2 atom stereocenters. The van der Waals surface area contributed by atoms with Gasteiger partial charge in [-0.05, 0) is 51.4 Å². The Morgan fingerprint density at radius 2 is 1.39 bits per heavy atom. The number of carboxylic acids is 1. The van der Waals surface area contributed by atoms with Gasteiger partial charge in [-0.25, -0.2) is 0 Å². The zero-order valence-corrected chi connectivity index (χ0v) is 17.9. The lowest BCUT2D eigenvalue weighted by Gasteiger charge is -2.19. The molecule has 0 saturated carbocycles. The number of hydrogen-bond acceptors (Lipinski definition) is 4. The fourth-order valence-electron chi connectivity index (χ4n) is 3.37. The molecule has 28 heavy (non-hydrogen) atoms. The maximum Gasteiger partial charge on any atom is 0.306 e. The molecule has 0 aromatic heterocycles. The van der Waals surface area contributed by atoms with Crippen LogP contribution in [0.1, 0.15) is 110 Å². The highest BCUT2D eigenvalue weighted by Crippen LogP contribution is 2.21. The van der Waals surface area contributed by atoms with Gasteiger partial charge in [-0.1, -0.05) is 46.0 Å². The molecular weight excluding hydrogens is 358 g/mol. The van der Waals surface area contributed by atoms with E-state index in [0.717, 1.165) is 77.0 Å². The fourth-order valence-corrected chi connectivity index (χ4v) is 3.37. The normalized spacial score (nSPS) is 13.1. The predicted octanol–water partition coefficient (Wildman–Crippen LogP) is 4.98. The maximum absolute atomic E-state index is 11.8. The van der Waals surface area contributed by atoms with Crippen molar-refractivity contribution < 1.29 is 24.2 Å². The second-order valence-electron chi connectivity index (χ2n) is 7.73. The average Bonchev–Trinajstić information content (AvgIpc) is 2.62. The number of primary amides is 1. The van der Waals surface area contributed by atoms with E-state index in [1.54, 1.807) is 0 Å². The van der Waals surface area contributed by atoms with Crippen molar-refractivity contribution in [3.63, 3.8) is 0 Å². The lowest BCUT2D eigenvalue weighted by molar-refractivity contribution is -0.150. The Morgan fingerprint density at radius 1 is 0.786 bits per heavy atom. The molecule has 0 saturated heterocycles. The molecule has 0 rings (SSSR count). The number of rotatable bonds is 19. The Kier molecular flexibility index (Phi) is 16.5. The fraction of sp³-hybridized carbons (Fsp3) is 0.864. The van der Waals surface area contributed by atoms with Crippen LogP contribution in [0.2, 0.25) is 0 Å². The van der Waals surface area contributed by atoms with Crippen molar-refractivity contribution in [1.29, 1.82) is 0 Å². The van der Waals surface area contributed by atoms with Gasteiger partial charge in [0.25, 0.3) is 0 Å². The van der Waals surface area contributed by atoms with Crippen LogP contribution in [0.15, 0.2) is 0 Å². The van der Waals surface area contributed by atoms with E-state index in [1.807, 2.05) is 6.92 Å². The van der Waals surface area contributed by atoms with Crippen LogP contribution in [0.3, 0.4) is 0 Å². The van der Waals surface area contributed by atoms with Crippen molar-refractivity contribution in [2.24, 2.45) is 11.7 Å². The third-order valence-electron chi connectivity index (χ3n) is 5.06. The van der Waals surface area contributed by atoms with E-state index in [1.165, 1.54) is 0 Å². The number of aliphatic carboxylic acids is 1. The molecule has 6 nitrogen and oxygen atoms in total. The minimum atomic E-state index is -0.761. The summed E-state index contributed by atoms with van der Waals surface area (Å²) in [5.41, 5.74) is 5.55. The number of esters is 1. The molecule has 0 fully saturated rings. The standard InChI is InChI=1S/C22H41NO5/c1-3-5-8-15-19(28-21(26)12-4-2)16-11-14-18(22(23)27)13-9-6-7-10-17-20(24)25/h18-19H,3-17H2,1-2H3,(H2,23,27)(H,24,25). The number of nitrogens with two attached hydrogens (primary N) is 1. The molecular formula is C22H41NO5. The van der Waals surface area contributed by atoms with Gasteiger partial charge < -0.3 is 15.6 Å². The van der Waals surface area contributed by atoms with Crippen molar-refractivity contribution in [3.8, 4) is 0 Å². The van der Waals surface area contributed by atoms with Crippen molar-refractivity contribution in [3.05, 3.63) is 0 Å². The maximum atomic E-state index is 11.8. The van der Waals surface area contributed by atoms with Gasteiger partial charge >= 0.3 is 11.9 Å². The summed E-state index contributed by atoms with van der Waals surface area (Å²) >= 11 is 0. The molecule has 0 radical (unpaired) electrons. The first kappa shape index (κ1) is 26.4. The Bertz CT molecular complexity index is 439. The molecule has 164 valence electrons. The second kappa shape index (κ2) is 17.5. The minimum Gasteiger partial charge on any atom is -0.481 e. The van der Waals surface area contributed by atoms with Gasteiger partial charge in [-0.15, -0.1) is 0 Å². The molecule has 0 spiro atoms. The molecule has 0 aliphatic carbocycles. The zero-order valence-electron chi connectivity index (χ0n) is 17.9. The van der Waals surface area contributed by atoms with Crippen molar-refractivity contribution in [2.75, 3.05) is 0 Å². The number of amides is 1. The first-order chi connectivity index (χ1) is 13.4. The Hall–Kier alpha value is -1.59. The third kappa shape index (κ3) is 15.5. The lowest BCUT2D eigenvalue weighted by Crippen LogP contribution is -2.24. The molecule has 6 heteroatoms. The van der Waals surface area contributed by atoms with Gasteiger partial charge in [0.1, 0.15) is 6.10 Å². The van der Waals surface area contributed by atoms with Crippen molar-refractivity contribution in [1.82, 2.24) is 0 Å². The van der Waals surface area contributed by atoms with Crippen LogP contribution in [0.4, 0.5) is 0 Å². The van der Waals surface area contributed by atoms with E-state index in [0.29, 0.717) is 12.8 Å². The smallest absolute Gasteiger partial charge is 0.306 e. The first-order valence-corrected chi connectivity index (χ1v) is 11.1. The number of carbonyl (C=O) groups is 3. The van der Waals surface area contributed by atoms with Crippen molar-refractivity contribution in [2.45, 2.75) is 116 Å². The molecule has 0 aliphatic heterocycles. The van der Waals surface area contributed by atoms with Crippen LogP contribution in [-0.4, -0.2) is 29.1 Å². The molecule has 0 aromatic rings. The highest BCUT2D eigenvalue weighted by molar-refractivity contribution is 5.76. The zero-order chi connectivity index (χ0) is 21.2. The molecule has 0 bridgehead atoms. The Morgan fingerprint density at radius 3 is 2.00 bits per heavy atom. The van der Waals surface area contributed by atoms with Gasteiger partial charge in [0.2, 0.25) is 5.91 Å². The predicted molar refractivity (Wildman–Crippen MR) is 111 cm³/mol. The highest BCUT2D eigenvalue weighted by atomic mass is 16.5. The monoisotopic (exact) mass is 399 g/mol. The number of carbonyl (C=O) groups excluding carboxylic acids is 2. The van der Waals surface area contributed by atoms with Gasteiger partial charge in [0.15, 0.2) is 0 Å². The van der Waals surface area contributed by atoms with E-state index in [9.17, 15) is 14.4 Å². The van der Waals surface area contributed by atoms with E-state index < -0.39 is 5.97 Å². The summed E-state index contributed by atoms with van der Waals surface area (Å²) in [7, 11) is 0. The van der Waals surface area contributed by atoms with E-state index in [-0.39, 0.29) is 30.3 Å². The summed E-state index contributed by atoms with van der Waals surface area (Å²) < 4.78 is 5.62. The van der Waals surface area contributed by atoms with Crippen LogP contribution in [0.25, 0.3) is 0 Å². The van der Waals surface area contributed by atoms with Crippen molar-refractivity contribution >= 4 is 17.8 Å². The van der Waals surface area contributed by atoms with Crippen LogP contribution < -0.4 is 5.73 Å². The number of carboxylic acid groups (broad SMARTS) is 1. The van der Waals surface area contributed by atoms with E-state index in [2.05, 4.69) is 6.92 Å². The van der Waals surface area contributed by atoms with Crippen LogP contribution >= 0.6 is 0 Å². The van der Waals surface area contributed by atoms with Gasteiger partial charge in [-0.3, -0.25) is 14.4 Å². The molecule has 3 N–H and O–H groups in total. The van der Waals surface area contributed by atoms with E-state index >= 15 is 0 Å². The minimum absolute atomic E-state index is 0.0601. The summed E-state index contributed by atoms with van der Waals surface area (Å²) in [5, 5.41) is 8.63. The molecule has 0 heterocycles. The summed E-state index contributed by atoms with van der Waals surface area (Å²) in [6, 6.07) is 0. The van der Waals surface area contributed by atoms with E-state index in [4.69, 9.17) is 15.6 Å². The average molecular weight is 400 g/mol. The summed E-state index contributed by atoms with van der Waals surface area (Å²) in [6.45, 7) is 4.11. The quantitative estimate of drug-likeness (QED) is 0.235. The van der Waals surface area contributed by atoms with Crippen LogP contribution in [0.5, 0.6) is 0 Å². The molecule has 1 amide bonds. The number of hydrogen-bond donors (Lipinski definition) is 2. The van der Waals surface area contributed by atoms with Gasteiger partial charge in [0, 0.05) is 18.8 Å². The Balaban J connectivity index is 4.23. The molecule has 0 aromatic carbocycles. The lowest BCUT2D eigenvalue weighted by atomic mass is 9.93.